The van der Waals surface area contributed by atoms with Gasteiger partial charge in [-0.15, -0.1) is 0 Å². The molecule has 4 aliphatic carbocycles. The van der Waals surface area contributed by atoms with Crippen LogP contribution >= 0.6 is 11.6 Å². The average Bonchev–Trinajstić information content (AvgIpc) is 3.96. The molecule has 2 aromatic rings. The maximum atomic E-state index is 13.1. The number of nitrogens with zero attached hydrogens (tertiary/aromatic N) is 3. The van der Waals surface area contributed by atoms with Gasteiger partial charge in [-0.05, 0) is 117 Å². The Morgan fingerprint density at radius 1 is 1.04 bits per heavy atom. The molecule has 2 atom stereocenters. The van der Waals surface area contributed by atoms with Crippen molar-refractivity contribution in [1.82, 2.24) is 14.7 Å². The van der Waals surface area contributed by atoms with Crippen molar-refractivity contribution >= 4 is 45.1 Å². The Bertz CT molecular complexity index is 1620. The third-order valence-corrected chi connectivity index (χ3v) is 13.0. The summed E-state index contributed by atoms with van der Waals surface area (Å²) in [6.07, 6.45) is 12.4. The van der Waals surface area contributed by atoms with Crippen LogP contribution in [0.3, 0.4) is 0 Å². The quantitative estimate of drug-likeness (QED) is 0.197. The van der Waals surface area contributed by atoms with Crippen LogP contribution in [0.5, 0.6) is 0 Å². The molecule has 12 heteroatoms. The minimum absolute atomic E-state index is 0.120. The number of fused-ring (bicyclic) bond motifs is 1. The van der Waals surface area contributed by atoms with Crippen LogP contribution in [0.4, 0.5) is 11.6 Å². The van der Waals surface area contributed by atoms with Gasteiger partial charge in [-0.3, -0.25) is 14.5 Å². The Kier molecular flexibility index (Phi) is 8.12. The van der Waals surface area contributed by atoms with Gasteiger partial charge in [0.1, 0.15) is 22.9 Å². The Morgan fingerprint density at radius 2 is 1.80 bits per heavy atom. The first-order chi connectivity index (χ1) is 21.9. The number of aromatic nitrogens is 2. The van der Waals surface area contributed by atoms with Crippen molar-refractivity contribution in [2.45, 2.75) is 95.6 Å². The van der Waals surface area contributed by atoms with Crippen LogP contribution in [0.1, 0.15) is 94.8 Å². The number of ether oxygens (including phenoxy) is 1. The molecule has 1 unspecified atom stereocenters. The second-order valence-corrected chi connectivity index (χ2v) is 16.9. The molecule has 0 aromatic carbocycles. The molecule has 2 amide bonds. The number of nitrogens with one attached hydrogen (secondary N) is 2. The van der Waals surface area contributed by atoms with E-state index in [0.29, 0.717) is 54.0 Å². The van der Waals surface area contributed by atoms with Crippen molar-refractivity contribution in [3.8, 4) is 0 Å². The second-order valence-electron chi connectivity index (χ2n) is 14.9. The van der Waals surface area contributed by atoms with E-state index in [0.717, 1.165) is 31.1 Å². The van der Waals surface area contributed by atoms with Gasteiger partial charge in [-0.2, -0.15) is 8.42 Å². The van der Waals surface area contributed by atoms with Crippen LogP contribution in [0, 0.1) is 28.1 Å². The van der Waals surface area contributed by atoms with Gasteiger partial charge in [0.25, 0.3) is 21.8 Å². The van der Waals surface area contributed by atoms with E-state index in [1.807, 2.05) is 4.72 Å². The molecular formula is C34H44ClN5O5S. The first kappa shape index (κ1) is 31.8. The third-order valence-electron chi connectivity index (χ3n) is 11.4. The Labute approximate surface area is 276 Å². The molecule has 7 rings (SSSR count). The fourth-order valence-corrected chi connectivity index (χ4v) is 9.96. The van der Waals surface area contributed by atoms with Crippen molar-refractivity contribution in [1.29, 1.82) is 0 Å². The molecular weight excluding hydrogens is 626 g/mol. The summed E-state index contributed by atoms with van der Waals surface area (Å²) in [5.74, 6) is 1.12. The summed E-state index contributed by atoms with van der Waals surface area (Å²) in [7, 11) is -4.28. The number of hydrogen-bond donors (Lipinski definition) is 2. The van der Waals surface area contributed by atoms with E-state index >= 15 is 0 Å². The molecule has 1 aliphatic heterocycles. The van der Waals surface area contributed by atoms with E-state index < -0.39 is 22.0 Å². The summed E-state index contributed by atoms with van der Waals surface area (Å²) in [4.78, 5) is 36.1. The third kappa shape index (κ3) is 6.03. The molecule has 1 saturated heterocycles. The van der Waals surface area contributed by atoms with Crippen LogP contribution in [0.15, 0.2) is 35.4 Å². The molecule has 2 aromatic heterocycles. The van der Waals surface area contributed by atoms with Crippen molar-refractivity contribution in [3.63, 3.8) is 0 Å². The van der Waals surface area contributed by atoms with Crippen LogP contribution < -0.4 is 14.9 Å². The minimum Gasteiger partial charge on any atom is -0.370 e. The zero-order valence-corrected chi connectivity index (χ0v) is 28.3. The Balaban J connectivity index is 0.900. The van der Waals surface area contributed by atoms with Gasteiger partial charge in [0.2, 0.25) is 0 Å². The van der Waals surface area contributed by atoms with Crippen LogP contribution in [-0.4, -0.2) is 56.0 Å². The average molecular weight is 670 g/mol. The van der Waals surface area contributed by atoms with Gasteiger partial charge in [0.05, 0.1) is 5.56 Å². The van der Waals surface area contributed by atoms with Gasteiger partial charge in [0, 0.05) is 26.1 Å². The van der Waals surface area contributed by atoms with Crippen LogP contribution in [-0.2, 0) is 19.6 Å². The lowest BCUT2D eigenvalue weighted by Crippen LogP contribution is -2.33. The van der Waals surface area contributed by atoms with E-state index in [2.05, 4.69) is 29.1 Å². The molecule has 5 fully saturated rings. The number of pyridine rings is 2. The van der Waals surface area contributed by atoms with E-state index in [1.165, 1.54) is 68.0 Å². The second kappa shape index (κ2) is 11.7. The molecule has 46 heavy (non-hydrogen) atoms. The first-order valence-corrected chi connectivity index (χ1v) is 18.7. The number of rotatable bonds is 13. The zero-order valence-electron chi connectivity index (χ0n) is 26.7. The summed E-state index contributed by atoms with van der Waals surface area (Å²) < 4.78 is 34.2. The summed E-state index contributed by atoms with van der Waals surface area (Å²) >= 11 is 6.35. The monoisotopic (exact) mass is 669 g/mol. The fourth-order valence-electron chi connectivity index (χ4n) is 8.79. The Morgan fingerprint density at radius 3 is 2.48 bits per heavy atom. The largest absolute Gasteiger partial charge is 0.370 e. The molecule has 2 N–H and O–H groups in total. The van der Waals surface area contributed by atoms with E-state index in [9.17, 15) is 18.0 Å². The van der Waals surface area contributed by atoms with E-state index in [-0.39, 0.29) is 21.6 Å². The van der Waals surface area contributed by atoms with Gasteiger partial charge in [-0.1, -0.05) is 31.5 Å². The predicted molar refractivity (Wildman–Crippen MR) is 175 cm³/mol. The molecule has 0 bridgehead atoms. The van der Waals surface area contributed by atoms with E-state index in [4.69, 9.17) is 16.3 Å². The normalized spacial score (nSPS) is 25.3. The predicted octanol–water partition coefficient (Wildman–Crippen LogP) is 5.97. The van der Waals surface area contributed by atoms with Gasteiger partial charge in [-0.25, -0.2) is 14.7 Å². The number of carbonyl (C=O) groups is 2. The molecule has 3 heterocycles. The maximum Gasteiger partial charge on any atom is 0.281 e. The lowest BCUT2D eigenvalue weighted by atomic mass is 9.89. The molecule has 5 aliphatic rings. The number of halogens is 1. The molecule has 2 spiro atoms. The zero-order chi connectivity index (χ0) is 32.3. The number of amides is 2. The van der Waals surface area contributed by atoms with Gasteiger partial charge >= 0.3 is 0 Å². The lowest BCUT2D eigenvalue weighted by molar-refractivity contribution is -0.127. The van der Waals surface area contributed by atoms with E-state index in [1.54, 1.807) is 12.1 Å². The van der Waals surface area contributed by atoms with Gasteiger partial charge in [0.15, 0.2) is 5.03 Å². The highest BCUT2D eigenvalue weighted by Crippen LogP contribution is 2.93. The highest BCUT2D eigenvalue weighted by Gasteiger charge is 2.85. The van der Waals surface area contributed by atoms with Crippen LogP contribution in [0.25, 0.3) is 0 Å². The number of hydrogen-bond acceptors (Lipinski definition) is 8. The lowest BCUT2D eigenvalue weighted by Gasteiger charge is -2.17. The molecule has 0 radical (unpaired) electrons. The summed E-state index contributed by atoms with van der Waals surface area (Å²) in [6.45, 7) is 6.34. The van der Waals surface area contributed by atoms with Crippen molar-refractivity contribution in [3.05, 3.63) is 41.0 Å². The summed E-state index contributed by atoms with van der Waals surface area (Å²) in [6, 6.07) is 7.50. The fraction of sp³-hybridized carbons (Fsp3) is 0.647. The minimum atomic E-state index is -4.28. The number of sulfonamides is 1. The standard InChI is InChI=1S/C34H44ClN5O5S/c1-32(2)13-10-22(21-32)5-4-18-36-26-6-3-7-28(37-26)46(43,44)39-30(41)23-8-9-27(38-29(23)35)40-19-11-24(31(40)42)45-20-12-25-33(14-15-33)34(25)16-17-34/h3,6-9,22,24-25H,4-5,10-21H2,1-2H3,(H,36,37)(H,39,41)/t22-,24?/m1/s1. The molecule has 248 valence electrons. The first-order valence-electron chi connectivity index (χ1n) is 16.8. The van der Waals surface area contributed by atoms with Gasteiger partial charge < -0.3 is 10.1 Å². The highest BCUT2D eigenvalue weighted by atomic mass is 35.5. The maximum absolute atomic E-state index is 13.1. The smallest absolute Gasteiger partial charge is 0.281 e. The molecule has 4 saturated carbocycles. The Hall–Kier alpha value is -2.76. The SMILES string of the molecule is CC1(C)CC[C@@H](CCCNc2cccc(S(=O)(=O)NC(=O)c3ccc(N4CCC(OCCC5C6(CC6)C56CC6)C4=O)nc3Cl)n2)C1. The summed E-state index contributed by atoms with van der Waals surface area (Å²) in [5, 5.41) is 2.73. The molecule has 10 nitrogen and oxygen atoms in total. The van der Waals surface area contributed by atoms with Crippen LogP contribution in [0.2, 0.25) is 5.15 Å². The number of anilines is 2. The topological polar surface area (TPSA) is 131 Å². The number of carbonyl (C=O) groups excluding carboxylic acids is 2. The highest BCUT2D eigenvalue weighted by molar-refractivity contribution is 7.90. The van der Waals surface area contributed by atoms with Crippen molar-refractivity contribution < 1.29 is 22.7 Å². The summed E-state index contributed by atoms with van der Waals surface area (Å²) in [5.41, 5.74) is 1.55. The van der Waals surface area contributed by atoms with Crippen molar-refractivity contribution in [2.75, 3.05) is 29.9 Å². The van der Waals surface area contributed by atoms with Crippen molar-refractivity contribution in [2.24, 2.45) is 28.1 Å².